The summed E-state index contributed by atoms with van der Waals surface area (Å²) in [6.45, 7) is 24.3. The molecule has 0 heterocycles. The number of benzene rings is 4. The van der Waals surface area contributed by atoms with Crippen LogP contribution < -0.4 is 0 Å². The summed E-state index contributed by atoms with van der Waals surface area (Å²) >= 11 is 0. The highest BCUT2D eigenvalue weighted by Crippen LogP contribution is 2.48. The fraction of sp³-hybridized carbons (Fsp3) is 0.326. The van der Waals surface area contributed by atoms with Gasteiger partial charge in [-0.1, -0.05) is 178 Å². The molecule has 4 heteroatoms. The van der Waals surface area contributed by atoms with Gasteiger partial charge in [0.25, 0.3) is 0 Å². The maximum Gasteiger partial charge on any atom is 0.192 e. The molecular formula is C43H53O2Si2-. The SMILES string of the molecule is CC(C)(C)[Si](C)(C)OCc1ccc(-c2c[c-](-c3ccc(CO[Si](C)(C)C(C)(C)C)cc3)c(-c3ccccc3)c2-c2ccccc2)cc1. The van der Waals surface area contributed by atoms with Crippen molar-refractivity contribution in [2.24, 2.45) is 0 Å². The molecule has 0 aliphatic heterocycles. The third-order valence-electron chi connectivity index (χ3n) is 10.5. The quantitative estimate of drug-likeness (QED) is 0.110. The molecule has 0 fully saturated rings. The van der Waals surface area contributed by atoms with Crippen LogP contribution in [0.1, 0.15) is 52.7 Å². The van der Waals surface area contributed by atoms with Crippen LogP contribution in [0.25, 0.3) is 44.5 Å². The second-order valence-corrected chi connectivity index (χ2v) is 25.6. The standard InChI is InChI=1S/C43H53O2Si2/c1-42(2,3)46(7,8)44-30-32-21-25-34(26-22-32)38-29-39(35-27-23-33(24-28-35)31-45-47(9,10)43(4,5)6)41(37-19-15-12-16-20-37)40(38)36-17-13-11-14-18-36/h11-29H,30-31H2,1-10H3/q-1. The normalized spacial score (nSPS) is 12.8. The largest absolute Gasteiger partial charge is 0.413 e. The van der Waals surface area contributed by atoms with Crippen LogP contribution in [0.2, 0.25) is 36.3 Å². The topological polar surface area (TPSA) is 18.5 Å². The molecule has 246 valence electrons. The van der Waals surface area contributed by atoms with Gasteiger partial charge in [-0.2, -0.15) is 0 Å². The summed E-state index contributed by atoms with van der Waals surface area (Å²) in [5.74, 6) is 0. The summed E-state index contributed by atoms with van der Waals surface area (Å²) in [6.07, 6.45) is 0. The first-order valence-electron chi connectivity index (χ1n) is 17.0. The lowest BCUT2D eigenvalue weighted by Gasteiger charge is -2.36. The molecular weight excluding hydrogens is 605 g/mol. The molecule has 0 aliphatic rings. The van der Waals surface area contributed by atoms with Crippen molar-refractivity contribution in [3.8, 4) is 44.5 Å². The number of hydrogen-bond donors (Lipinski definition) is 0. The van der Waals surface area contributed by atoms with Gasteiger partial charge in [-0.05, 0) is 47.4 Å². The van der Waals surface area contributed by atoms with Crippen molar-refractivity contribution in [3.63, 3.8) is 0 Å². The van der Waals surface area contributed by atoms with E-state index in [4.69, 9.17) is 8.85 Å². The third kappa shape index (κ3) is 7.84. The van der Waals surface area contributed by atoms with Gasteiger partial charge in [0.05, 0.1) is 13.2 Å². The van der Waals surface area contributed by atoms with Crippen LogP contribution in [0.15, 0.2) is 115 Å². The van der Waals surface area contributed by atoms with Gasteiger partial charge < -0.3 is 8.85 Å². The fourth-order valence-corrected chi connectivity index (χ4v) is 7.27. The zero-order valence-electron chi connectivity index (χ0n) is 30.2. The Hall–Kier alpha value is -3.42. The average Bonchev–Trinajstić information content (AvgIpc) is 3.44. The Labute approximate surface area is 286 Å². The molecule has 0 atom stereocenters. The molecule has 0 saturated carbocycles. The van der Waals surface area contributed by atoms with Crippen molar-refractivity contribution in [2.45, 2.75) is 91.0 Å². The molecule has 5 aromatic carbocycles. The van der Waals surface area contributed by atoms with Crippen LogP contribution in [0, 0.1) is 0 Å². The van der Waals surface area contributed by atoms with Gasteiger partial charge in [0.2, 0.25) is 0 Å². The molecule has 0 radical (unpaired) electrons. The van der Waals surface area contributed by atoms with E-state index in [2.05, 4.69) is 183 Å². The van der Waals surface area contributed by atoms with Crippen LogP contribution in [-0.2, 0) is 22.1 Å². The average molecular weight is 658 g/mol. The fourth-order valence-electron chi connectivity index (χ4n) is 5.34. The predicted molar refractivity (Wildman–Crippen MR) is 208 cm³/mol. The number of rotatable bonds is 10. The molecule has 0 N–H and O–H groups in total. The van der Waals surface area contributed by atoms with Crippen molar-refractivity contribution in [1.29, 1.82) is 0 Å². The monoisotopic (exact) mass is 657 g/mol. The molecule has 0 aromatic heterocycles. The Bertz CT molecular complexity index is 1620. The van der Waals surface area contributed by atoms with Crippen LogP contribution in [0.4, 0.5) is 0 Å². The molecule has 5 rings (SSSR count). The minimum Gasteiger partial charge on any atom is -0.413 e. The lowest BCUT2D eigenvalue weighted by atomic mass is 9.91. The van der Waals surface area contributed by atoms with Crippen molar-refractivity contribution < 1.29 is 8.85 Å². The molecule has 0 saturated heterocycles. The van der Waals surface area contributed by atoms with Crippen molar-refractivity contribution >= 4 is 16.6 Å². The summed E-state index contributed by atoms with van der Waals surface area (Å²) in [5.41, 5.74) is 12.3. The first-order chi connectivity index (χ1) is 22.1. The Kier molecular flexibility index (Phi) is 10.1. The van der Waals surface area contributed by atoms with Crippen LogP contribution in [0.5, 0.6) is 0 Å². The van der Waals surface area contributed by atoms with Crippen LogP contribution in [0.3, 0.4) is 0 Å². The molecule has 5 aromatic rings. The van der Waals surface area contributed by atoms with E-state index in [1.807, 2.05) is 0 Å². The molecule has 0 unspecified atom stereocenters. The van der Waals surface area contributed by atoms with Crippen molar-refractivity contribution in [3.05, 3.63) is 126 Å². The van der Waals surface area contributed by atoms with Gasteiger partial charge in [-0.15, -0.1) is 23.8 Å². The summed E-state index contributed by atoms with van der Waals surface area (Å²) < 4.78 is 13.1. The Balaban J connectivity index is 1.57. The molecule has 0 spiro atoms. The summed E-state index contributed by atoms with van der Waals surface area (Å²) in [7, 11) is -3.66. The van der Waals surface area contributed by atoms with Gasteiger partial charge in [0.15, 0.2) is 16.6 Å². The molecule has 0 aliphatic carbocycles. The van der Waals surface area contributed by atoms with E-state index in [1.165, 1.54) is 55.6 Å². The first-order valence-corrected chi connectivity index (χ1v) is 22.8. The van der Waals surface area contributed by atoms with E-state index in [0.29, 0.717) is 13.2 Å². The lowest BCUT2D eigenvalue weighted by molar-refractivity contribution is 0.276. The first kappa shape index (κ1) is 34.9. The second kappa shape index (κ2) is 13.6. The lowest BCUT2D eigenvalue weighted by Crippen LogP contribution is -2.40. The van der Waals surface area contributed by atoms with E-state index in [1.54, 1.807) is 0 Å². The summed E-state index contributed by atoms with van der Waals surface area (Å²) in [5, 5.41) is 0.375. The van der Waals surface area contributed by atoms with Gasteiger partial charge >= 0.3 is 0 Å². The maximum atomic E-state index is 6.55. The second-order valence-electron chi connectivity index (χ2n) is 15.9. The van der Waals surface area contributed by atoms with E-state index < -0.39 is 16.6 Å². The minimum atomic E-state index is -1.83. The van der Waals surface area contributed by atoms with Crippen LogP contribution >= 0.6 is 0 Å². The van der Waals surface area contributed by atoms with Gasteiger partial charge in [-0.3, -0.25) is 0 Å². The smallest absolute Gasteiger partial charge is 0.192 e. The van der Waals surface area contributed by atoms with Crippen molar-refractivity contribution in [1.82, 2.24) is 0 Å². The Morgan fingerprint density at radius 3 is 1.38 bits per heavy atom. The summed E-state index contributed by atoms with van der Waals surface area (Å²) in [4.78, 5) is 0. The number of hydrogen-bond acceptors (Lipinski definition) is 2. The van der Waals surface area contributed by atoms with E-state index in [9.17, 15) is 0 Å². The summed E-state index contributed by atoms with van der Waals surface area (Å²) in [6, 6.07) is 42.1. The highest BCUT2D eigenvalue weighted by molar-refractivity contribution is 6.74. The van der Waals surface area contributed by atoms with Gasteiger partial charge in [-0.25, -0.2) is 0 Å². The molecule has 47 heavy (non-hydrogen) atoms. The van der Waals surface area contributed by atoms with Crippen LogP contribution in [-0.4, -0.2) is 16.6 Å². The predicted octanol–water partition coefficient (Wildman–Crippen LogP) is 13.1. The third-order valence-corrected chi connectivity index (χ3v) is 19.5. The molecule has 0 amide bonds. The Morgan fingerprint density at radius 2 is 0.936 bits per heavy atom. The van der Waals surface area contributed by atoms with E-state index in [-0.39, 0.29) is 10.1 Å². The van der Waals surface area contributed by atoms with E-state index >= 15 is 0 Å². The highest BCUT2D eigenvalue weighted by Gasteiger charge is 2.37. The Morgan fingerprint density at radius 1 is 0.511 bits per heavy atom. The van der Waals surface area contributed by atoms with Gasteiger partial charge in [0, 0.05) is 0 Å². The zero-order valence-corrected chi connectivity index (χ0v) is 32.2. The molecule has 2 nitrogen and oxygen atoms in total. The molecule has 0 bridgehead atoms. The minimum absolute atomic E-state index is 0.188. The maximum absolute atomic E-state index is 6.55. The van der Waals surface area contributed by atoms with Gasteiger partial charge in [0.1, 0.15) is 0 Å². The van der Waals surface area contributed by atoms with Crippen molar-refractivity contribution in [2.75, 3.05) is 0 Å². The zero-order chi connectivity index (χ0) is 34.0. The van der Waals surface area contributed by atoms with E-state index in [0.717, 1.165) is 0 Å². The highest BCUT2D eigenvalue weighted by atomic mass is 28.4.